The van der Waals surface area contributed by atoms with Crippen LogP contribution in [0.25, 0.3) is 0 Å². The van der Waals surface area contributed by atoms with Gasteiger partial charge in [-0.05, 0) is 71.0 Å². The Balaban J connectivity index is 1.75. The Labute approximate surface area is 204 Å². The highest BCUT2D eigenvalue weighted by Gasteiger charge is 2.32. The summed E-state index contributed by atoms with van der Waals surface area (Å²) in [5.41, 5.74) is 8.60. The quantitative estimate of drug-likeness (QED) is 0.397. The molecule has 1 atom stereocenters. The zero-order chi connectivity index (χ0) is 23.5. The first-order chi connectivity index (χ1) is 15.9. The summed E-state index contributed by atoms with van der Waals surface area (Å²) in [6, 6.07) is 16.7. The molecule has 4 rings (SSSR count). The monoisotopic (exact) mass is 558 g/mol. The summed E-state index contributed by atoms with van der Waals surface area (Å²) in [6.45, 7) is 2.52. The minimum Gasteiger partial charge on any atom is -0.508 e. The second-order valence-corrected chi connectivity index (χ2v) is 8.49. The molecule has 33 heavy (non-hydrogen) atoms. The topological polar surface area (TPSA) is 97.7 Å². The number of ether oxygens (including phenoxy) is 3. The van der Waals surface area contributed by atoms with Crippen LogP contribution < -0.4 is 19.9 Å². The number of hydrogen-bond acceptors (Lipinski definition) is 6. The Hall–Kier alpha value is -3.45. The number of fused-ring (bicyclic) bond motifs is 1. The molecule has 0 spiro atoms. The van der Waals surface area contributed by atoms with Crippen molar-refractivity contribution in [1.29, 1.82) is 5.26 Å². The molecule has 0 unspecified atom stereocenters. The Bertz CT molecular complexity index is 1270. The summed E-state index contributed by atoms with van der Waals surface area (Å²) in [6.07, 6.45) is 0. The molecule has 3 aromatic rings. The number of benzene rings is 3. The molecule has 1 aliphatic rings. The molecule has 6 nitrogen and oxygen atoms in total. The smallest absolute Gasteiger partial charge is 0.205 e. The van der Waals surface area contributed by atoms with Gasteiger partial charge in [0.1, 0.15) is 35.6 Å². The first-order valence-corrected chi connectivity index (χ1v) is 11.2. The van der Waals surface area contributed by atoms with Crippen LogP contribution in [0.15, 0.2) is 66.1 Å². The number of nitrogens with two attached hydrogens (primary N) is 1. The molecule has 8 heteroatoms. The first-order valence-electron chi connectivity index (χ1n) is 10.1. The second-order valence-electron chi connectivity index (χ2n) is 7.33. The van der Waals surface area contributed by atoms with Crippen LogP contribution in [0.3, 0.4) is 0 Å². The van der Waals surface area contributed by atoms with E-state index in [1.807, 2.05) is 19.1 Å². The number of phenolic OH excluding ortho intramolecular Hbond substituents is 1. The zero-order valence-corrected chi connectivity index (χ0v) is 19.8. The SMILES string of the molecule is CCOc1cc([C@H]2C(C#N)=C(N)Oc3cc(O)ccc32)cc(I)c1OCc1ccc(F)cc1. The Kier molecular flexibility index (Phi) is 6.60. The van der Waals surface area contributed by atoms with Crippen molar-refractivity contribution in [1.82, 2.24) is 0 Å². The van der Waals surface area contributed by atoms with Gasteiger partial charge in [0.25, 0.3) is 0 Å². The van der Waals surface area contributed by atoms with E-state index < -0.39 is 5.92 Å². The molecule has 0 radical (unpaired) electrons. The molecule has 0 amide bonds. The minimum absolute atomic E-state index is 0.00907. The number of nitriles is 1. The van der Waals surface area contributed by atoms with E-state index in [1.54, 1.807) is 24.3 Å². The van der Waals surface area contributed by atoms with E-state index in [0.717, 1.165) is 14.7 Å². The molecule has 1 heterocycles. The van der Waals surface area contributed by atoms with E-state index in [1.165, 1.54) is 18.2 Å². The normalized spacial score (nSPS) is 14.8. The highest BCUT2D eigenvalue weighted by molar-refractivity contribution is 14.1. The third-order valence-electron chi connectivity index (χ3n) is 5.16. The lowest BCUT2D eigenvalue weighted by Gasteiger charge is -2.27. The second kappa shape index (κ2) is 9.58. The van der Waals surface area contributed by atoms with Crippen LogP contribution in [0, 0.1) is 20.7 Å². The van der Waals surface area contributed by atoms with Gasteiger partial charge < -0.3 is 25.1 Å². The summed E-state index contributed by atoms with van der Waals surface area (Å²) < 4.78 is 31.5. The molecule has 0 aromatic heterocycles. The van der Waals surface area contributed by atoms with Crippen molar-refractivity contribution in [2.75, 3.05) is 6.61 Å². The van der Waals surface area contributed by atoms with Gasteiger partial charge in [0.15, 0.2) is 11.5 Å². The van der Waals surface area contributed by atoms with Gasteiger partial charge >= 0.3 is 0 Å². The lowest BCUT2D eigenvalue weighted by atomic mass is 9.83. The fraction of sp³-hybridized carbons (Fsp3) is 0.160. The third-order valence-corrected chi connectivity index (χ3v) is 5.97. The Morgan fingerprint density at radius 1 is 1.15 bits per heavy atom. The molecule has 0 aliphatic carbocycles. The number of phenols is 1. The summed E-state index contributed by atoms with van der Waals surface area (Å²) >= 11 is 2.16. The van der Waals surface area contributed by atoms with Gasteiger partial charge in [0.2, 0.25) is 5.88 Å². The number of aromatic hydroxyl groups is 1. The lowest BCUT2D eigenvalue weighted by molar-refractivity contribution is 0.267. The fourth-order valence-electron chi connectivity index (χ4n) is 3.68. The van der Waals surface area contributed by atoms with Crippen LogP contribution in [-0.4, -0.2) is 11.7 Å². The van der Waals surface area contributed by atoms with Crippen molar-refractivity contribution in [2.24, 2.45) is 5.73 Å². The molecular weight excluding hydrogens is 538 g/mol. The standard InChI is InChI=1S/C25H20FIN2O4/c1-2-31-22-10-15(9-20(27)24(22)32-13-14-3-5-16(26)6-4-14)23-18-8-7-17(30)11-21(18)33-25(29)19(23)12-28/h3-11,23,30H,2,13,29H2,1H3/t23-/m1/s1. The number of allylic oxidation sites excluding steroid dienone is 1. The summed E-state index contributed by atoms with van der Waals surface area (Å²) in [5.74, 6) is 0.681. The molecule has 0 saturated carbocycles. The minimum atomic E-state index is -0.502. The average Bonchev–Trinajstić information content (AvgIpc) is 2.78. The van der Waals surface area contributed by atoms with Crippen molar-refractivity contribution in [3.05, 3.63) is 92.1 Å². The van der Waals surface area contributed by atoms with Crippen molar-refractivity contribution >= 4 is 22.6 Å². The number of hydrogen-bond donors (Lipinski definition) is 2. The number of rotatable bonds is 6. The largest absolute Gasteiger partial charge is 0.508 e. The molecule has 3 N–H and O–H groups in total. The van der Waals surface area contributed by atoms with Crippen molar-refractivity contribution < 1.29 is 23.7 Å². The zero-order valence-electron chi connectivity index (χ0n) is 17.6. The third kappa shape index (κ3) is 4.68. The van der Waals surface area contributed by atoms with Crippen molar-refractivity contribution in [3.63, 3.8) is 0 Å². The van der Waals surface area contributed by atoms with Gasteiger partial charge in [-0.2, -0.15) is 5.26 Å². The van der Waals surface area contributed by atoms with Crippen LogP contribution >= 0.6 is 22.6 Å². The summed E-state index contributed by atoms with van der Waals surface area (Å²) in [7, 11) is 0. The van der Waals surface area contributed by atoms with Gasteiger partial charge in [-0.3, -0.25) is 0 Å². The highest BCUT2D eigenvalue weighted by atomic mass is 127. The van der Waals surface area contributed by atoms with Crippen LogP contribution in [-0.2, 0) is 6.61 Å². The van der Waals surface area contributed by atoms with Gasteiger partial charge in [-0.1, -0.05) is 18.2 Å². The van der Waals surface area contributed by atoms with E-state index in [-0.39, 0.29) is 29.6 Å². The number of nitrogens with zero attached hydrogens (tertiary/aromatic N) is 1. The van der Waals surface area contributed by atoms with Crippen molar-refractivity contribution in [2.45, 2.75) is 19.4 Å². The fourth-order valence-corrected chi connectivity index (χ4v) is 4.46. The van der Waals surface area contributed by atoms with Crippen LogP contribution in [0.4, 0.5) is 4.39 Å². The Morgan fingerprint density at radius 3 is 2.61 bits per heavy atom. The predicted octanol–water partition coefficient (Wildman–Crippen LogP) is 5.33. The van der Waals surface area contributed by atoms with Gasteiger partial charge in [-0.25, -0.2) is 4.39 Å². The van der Waals surface area contributed by atoms with Gasteiger partial charge in [0.05, 0.1) is 16.1 Å². The van der Waals surface area contributed by atoms with Crippen LogP contribution in [0.2, 0.25) is 0 Å². The molecule has 168 valence electrons. The molecule has 0 saturated heterocycles. The van der Waals surface area contributed by atoms with Gasteiger partial charge in [-0.15, -0.1) is 0 Å². The molecule has 1 aliphatic heterocycles. The molecule has 3 aromatic carbocycles. The van der Waals surface area contributed by atoms with E-state index in [2.05, 4.69) is 28.7 Å². The highest BCUT2D eigenvalue weighted by Crippen LogP contribution is 2.46. The first kappa shape index (κ1) is 22.7. The predicted molar refractivity (Wildman–Crippen MR) is 128 cm³/mol. The molecule has 0 fully saturated rings. The van der Waals surface area contributed by atoms with Crippen LogP contribution in [0.5, 0.6) is 23.0 Å². The van der Waals surface area contributed by atoms with Crippen molar-refractivity contribution in [3.8, 4) is 29.1 Å². The van der Waals surface area contributed by atoms with E-state index in [4.69, 9.17) is 19.9 Å². The maximum atomic E-state index is 13.2. The maximum absolute atomic E-state index is 13.2. The maximum Gasteiger partial charge on any atom is 0.205 e. The summed E-state index contributed by atoms with van der Waals surface area (Å²) in [5, 5.41) is 19.7. The Morgan fingerprint density at radius 2 is 1.91 bits per heavy atom. The molecule has 0 bridgehead atoms. The van der Waals surface area contributed by atoms with E-state index in [0.29, 0.717) is 29.4 Å². The summed E-state index contributed by atoms with van der Waals surface area (Å²) in [4.78, 5) is 0. The number of halogens is 2. The van der Waals surface area contributed by atoms with Gasteiger partial charge in [0, 0.05) is 11.6 Å². The molecular formula is C25H20FIN2O4. The average molecular weight is 558 g/mol. The van der Waals surface area contributed by atoms with Crippen LogP contribution in [0.1, 0.15) is 29.5 Å². The van der Waals surface area contributed by atoms with E-state index >= 15 is 0 Å². The van der Waals surface area contributed by atoms with E-state index in [9.17, 15) is 14.8 Å². The lowest BCUT2D eigenvalue weighted by Crippen LogP contribution is -2.21.